The number of sulfone groups is 1. The molecular formula is C14H27N3O2S. The van der Waals surface area contributed by atoms with E-state index < -0.39 is 9.84 Å². The van der Waals surface area contributed by atoms with Crippen LogP contribution in [0.25, 0.3) is 0 Å². The van der Waals surface area contributed by atoms with Crippen LogP contribution in [0.1, 0.15) is 39.5 Å². The third-order valence-electron chi connectivity index (χ3n) is 4.59. The molecule has 2 fully saturated rings. The van der Waals surface area contributed by atoms with Crippen molar-refractivity contribution in [3.8, 4) is 0 Å². The minimum absolute atomic E-state index is 0.150. The van der Waals surface area contributed by atoms with Gasteiger partial charge in [-0.1, -0.05) is 13.3 Å². The van der Waals surface area contributed by atoms with Gasteiger partial charge in [0.1, 0.15) is 0 Å². The van der Waals surface area contributed by atoms with Gasteiger partial charge in [0.05, 0.1) is 12.3 Å². The average molecular weight is 301 g/mol. The van der Waals surface area contributed by atoms with Crippen molar-refractivity contribution < 1.29 is 8.42 Å². The van der Waals surface area contributed by atoms with Crippen LogP contribution in [0.15, 0.2) is 4.99 Å². The first-order chi connectivity index (χ1) is 9.50. The fourth-order valence-corrected chi connectivity index (χ4v) is 3.72. The van der Waals surface area contributed by atoms with Gasteiger partial charge in [-0.05, 0) is 31.6 Å². The van der Waals surface area contributed by atoms with Crippen molar-refractivity contribution >= 4 is 15.8 Å². The molecule has 1 aliphatic heterocycles. The molecule has 6 heteroatoms. The summed E-state index contributed by atoms with van der Waals surface area (Å²) in [6.45, 7) is 7.05. The second-order valence-corrected chi connectivity index (χ2v) is 8.47. The number of likely N-dealkylation sites (tertiary alicyclic amines) is 1. The van der Waals surface area contributed by atoms with E-state index in [9.17, 15) is 8.42 Å². The summed E-state index contributed by atoms with van der Waals surface area (Å²) in [5.74, 6) is 1.24. The van der Waals surface area contributed by atoms with Crippen LogP contribution >= 0.6 is 0 Å². The maximum absolute atomic E-state index is 11.5. The Morgan fingerprint density at radius 3 is 2.55 bits per heavy atom. The summed E-state index contributed by atoms with van der Waals surface area (Å²) < 4.78 is 23.0. The molecule has 0 unspecified atom stereocenters. The molecule has 0 aromatic heterocycles. The van der Waals surface area contributed by atoms with Crippen LogP contribution in [-0.2, 0) is 9.84 Å². The molecule has 0 amide bonds. The summed E-state index contributed by atoms with van der Waals surface area (Å²) in [5.41, 5.74) is 0.533. The SMILES string of the molecule is CCNC(=NCCS(=O)(=O)CC)N1CCC2(CCC2)C1. The first kappa shape index (κ1) is 15.6. The summed E-state index contributed by atoms with van der Waals surface area (Å²) in [4.78, 5) is 6.81. The fraction of sp³-hybridized carbons (Fsp3) is 0.929. The summed E-state index contributed by atoms with van der Waals surface area (Å²) in [6, 6.07) is 0. The van der Waals surface area contributed by atoms with Gasteiger partial charge in [-0.3, -0.25) is 4.99 Å². The predicted molar refractivity (Wildman–Crippen MR) is 82.8 cm³/mol. The van der Waals surface area contributed by atoms with Gasteiger partial charge in [0.25, 0.3) is 0 Å². The van der Waals surface area contributed by atoms with Gasteiger partial charge in [0.15, 0.2) is 15.8 Å². The molecule has 1 saturated carbocycles. The lowest BCUT2D eigenvalue weighted by Crippen LogP contribution is -2.42. The Morgan fingerprint density at radius 1 is 1.30 bits per heavy atom. The van der Waals surface area contributed by atoms with E-state index in [1.807, 2.05) is 6.92 Å². The average Bonchev–Trinajstić information content (AvgIpc) is 2.83. The van der Waals surface area contributed by atoms with Crippen LogP contribution in [-0.4, -0.2) is 57.0 Å². The highest BCUT2D eigenvalue weighted by molar-refractivity contribution is 7.91. The maximum atomic E-state index is 11.5. The molecule has 0 radical (unpaired) electrons. The summed E-state index contributed by atoms with van der Waals surface area (Å²) in [6.07, 6.45) is 5.29. The molecule has 5 nitrogen and oxygen atoms in total. The third kappa shape index (κ3) is 3.65. The number of nitrogens with one attached hydrogen (secondary N) is 1. The first-order valence-corrected chi connectivity index (χ1v) is 9.56. The van der Waals surface area contributed by atoms with E-state index in [1.54, 1.807) is 6.92 Å². The van der Waals surface area contributed by atoms with Crippen LogP contribution in [0.5, 0.6) is 0 Å². The first-order valence-electron chi connectivity index (χ1n) is 7.74. The minimum Gasteiger partial charge on any atom is -0.357 e. The standard InChI is InChI=1S/C14H27N3O2S/c1-3-15-13(16-9-11-20(18,19)4-2)17-10-8-14(12-17)6-5-7-14/h3-12H2,1-2H3,(H,15,16). The monoisotopic (exact) mass is 301 g/mol. The van der Waals surface area contributed by atoms with Crippen LogP contribution in [0.4, 0.5) is 0 Å². The van der Waals surface area contributed by atoms with E-state index in [4.69, 9.17) is 0 Å². The fourth-order valence-electron chi connectivity index (χ4n) is 3.06. The van der Waals surface area contributed by atoms with E-state index in [0.717, 1.165) is 25.6 Å². The Kier molecular flexibility index (Phi) is 4.94. The van der Waals surface area contributed by atoms with Gasteiger partial charge >= 0.3 is 0 Å². The second kappa shape index (κ2) is 6.33. The van der Waals surface area contributed by atoms with Gasteiger partial charge in [0.2, 0.25) is 0 Å². The van der Waals surface area contributed by atoms with Gasteiger partial charge in [-0.25, -0.2) is 8.42 Å². The molecule has 0 atom stereocenters. The van der Waals surface area contributed by atoms with Crippen molar-refractivity contribution in [2.75, 3.05) is 37.7 Å². The highest BCUT2D eigenvalue weighted by Crippen LogP contribution is 2.47. The maximum Gasteiger partial charge on any atom is 0.193 e. The molecule has 0 aromatic rings. The quantitative estimate of drug-likeness (QED) is 0.613. The number of rotatable bonds is 5. The summed E-state index contributed by atoms with van der Waals surface area (Å²) >= 11 is 0. The van der Waals surface area contributed by atoms with Crippen molar-refractivity contribution in [1.29, 1.82) is 0 Å². The molecule has 0 aromatic carbocycles. The molecule has 1 heterocycles. The van der Waals surface area contributed by atoms with Crippen molar-refractivity contribution in [3.63, 3.8) is 0 Å². The van der Waals surface area contributed by atoms with Gasteiger partial charge in [-0.2, -0.15) is 0 Å². The molecule has 1 aliphatic carbocycles. The van der Waals surface area contributed by atoms with E-state index in [1.165, 1.54) is 25.7 Å². The Bertz CT molecular complexity index is 455. The van der Waals surface area contributed by atoms with Crippen LogP contribution in [0, 0.1) is 5.41 Å². The van der Waals surface area contributed by atoms with Crippen molar-refractivity contribution in [1.82, 2.24) is 10.2 Å². The minimum atomic E-state index is -2.92. The smallest absolute Gasteiger partial charge is 0.193 e. The van der Waals surface area contributed by atoms with E-state index in [-0.39, 0.29) is 11.5 Å². The van der Waals surface area contributed by atoms with E-state index in [2.05, 4.69) is 15.2 Å². The Morgan fingerprint density at radius 2 is 2.05 bits per heavy atom. The van der Waals surface area contributed by atoms with E-state index >= 15 is 0 Å². The Labute approximate surface area is 122 Å². The van der Waals surface area contributed by atoms with Gasteiger partial charge in [0, 0.05) is 25.4 Å². The van der Waals surface area contributed by atoms with Crippen molar-refractivity contribution in [2.24, 2.45) is 10.4 Å². The second-order valence-electron chi connectivity index (χ2n) is 6.00. The van der Waals surface area contributed by atoms with Crippen molar-refractivity contribution in [2.45, 2.75) is 39.5 Å². The van der Waals surface area contributed by atoms with Crippen molar-refractivity contribution in [3.05, 3.63) is 0 Å². The molecule has 20 heavy (non-hydrogen) atoms. The molecule has 2 rings (SSSR count). The zero-order valence-electron chi connectivity index (χ0n) is 12.7. The number of nitrogens with zero attached hydrogens (tertiary/aromatic N) is 2. The molecule has 1 spiro atoms. The zero-order valence-corrected chi connectivity index (χ0v) is 13.5. The van der Waals surface area contributed by atoms with Crippen LogP contribution < -0.4 is 5.32 Å². The Hall–Kier alpha value is -0.780. The summed E-state index contributed by atoms with van der Waals surface area (Å²) in [7, 11) is -2.92. The highest BCUT2D eigenvalue weighted by atomic mass is 32.2. The summed E-state index contributed by atoms with van der Waals surface area (Å²) in [5, 5.41) is 3.30. The molecule has 116 valence electrons. The molecule has 1 saturated heterocycles. The third-order valence-corrected chi connectivity index (χ3v) is 6.27. The van der Waals surface area contributed by atoms with Crippen LogP contribution in [0.2, 0.25) is 0 Å². The topological polar surface area (TPSA) is 61.8 Å². The molecule has 2 aliphatic rings. The highest BCUT2D eigenvalue weighted by Gasteiger charge is 2.43. The number of hydrogen-bond acceptors (Lipinski definition) is 3. The zero-order chi connectivity index (χ0) is 14.6. The van der Waals surface area contributed by atoms with Gasteiger partial charge in [-0.15, -0.1) is 0 Å². The van der Waals surface area contributed by atoms with Gasteiger partial charge < -0.3 is 10.2 Å². The molecule has 1 N–H and O–H groups in total. The lowest BCUT2D eigenvalue weighted by atomic mass is 9.68. The Balaban J connectivity index is 1.93. The predicted octanol–water partition coefficient (Wildman–Crippen LogP) is 1.26. The van der Waals surface area contributed by atoms with E-state index in [0.29, 0.717) is 12.0 Å². The number of guanidine groups is 1. The normalized spacial score (nSPS) is 22.1. The van der Waals surface area contributed by atoms with Crippen LogP contribution in [0.3, 0.4) is 0 Å². The number of aliphatic imine (C=N–C) groups is 1. The largest absolute Gasteiger partial charge is 0.357 e. The lowest BCUT2D eigenvalue weighted by Gasteiger charge is -2.38. The number of hydrogen-bond donors (Lipinski definition) is 1. The molecular weight excluding hydrogens is 274 g/mol. The lowest BCUT2D eigenvalue weighted by molar-refractivity contribution is 0.151. The molecule has 0 bridgehead atoms.